The van der Waals surface area contributed by atoms with Crippen molar-refractivity contribution in [2.24, 2.45) is 0 Å². The molecule has 30 heavy (non-hydrogen) atoms. The second-order valence-electron chi connectivity index (χ2n) is 6.77. The predicted octanol–water partition coefficient (Wildman–Crippen LogP) is 3.80. The Morgan fingerprint density at radius 2 is 1.80 bits per heavy atom. The van der Waals surface area contributed by atoms with E-state index in [-0.39, 0.29) is 5.56 Å². The fourth-order valence-electron chi connectivity index (χ4n) is 3.24. The van der Waals surface area contributed by atoms with E-state index in [2.05, 4.69) is 5.32 Å². The Bertz CT molecular complexity index is 1090. The number of amides is 1. The molecule has 0 aliphatic carbocycles. The van der Waals surface area contributed by atoms with Crippen molar-refractivity contribution in [1.29, 1.82) is 0 Å². The number of anilines is 1. The van der Waals surface area contributed by atoms with Crippen LogP contribution in [0.3, 0.4) is 0 Å². The van der Waals surface area contributed by atoms with Crippen LogP contribution >= 0.6 is 0 Å². The van der Waals surface area contributed by atoms with Gasteiger partial charge in [-0.1, -0.05) is 36.4 Å². The molecule has 0 unspecified atom stereocenters. The molecule has 1 heterocycles. The van der Waals surface area contributed by atoms with Crippen LogP contribution in [0.2, 0.25) is 0 Å². The molecule has 1 amide bonds. The van der Waals surface area contributed by atoms with Crippen LogP contribution in [0.25, 0.3) is 10.8 Å². The molecule has 0 fully saturated rings. The fraction of sp³-hybridized carbons (Fsp3) is 0.217. The topological polar surface area (TPSA) is 83.1 Å². The summed E-state index contributed by atoms with van der Waals surface area (Å²) in [4.78, 5) is 25.2. The minimum atomic E-state index is -1.00. The number of carbonyl (C=O) groups excluding carboxylic acids is 2. The lowest BCUT2D eigenvalue weighted by molar-refractivity contribution is -0.123. The van der Waals surface area contributed by atoms with Crippen molar-refractivity contribution >= 4 is 28.3 Å². The normalized spacial score (nSPS) is 13.4. The summed E-state index contributed by atoms with van der Waals surface area (Å²) in [7, 11) is 1.48. The summed E-state index contributed by atoms with van der Waals surface area (Å²) in [5.41, 5.74) is 0.864. The highest BCUT2D eigenvalue weighted by Gasteiger charge is 2.24. The van der Waals surface area contributed by atoms with E-state index in [4.69, 9.17) is 18.9 Å². The average molecular weight is 407 g/mol. The van der Waals surface area contributed by atoms with Crippen molar-refractivity contribution in [2.75, 3.05) is 25.6 Å². The van der Waals surface area contributed by atoms with Gasteiger partial charge in [-0.05, 0) is 30.5 Å². The maximum absolute atomic E-state index is 12.6. The molecular formula is C23H21NO6. The van der Waals surface area contributed by atoms with E-state index in [1.165, 1.54) is 26.2 Å². The molecule has 0 radical (unpaired) electrons. The van der Waals surface area contributed by atoms with Gasteiger partial charge in [0.15, 0.2) is 17.6 Å². The monoisotopic (exact) mass is 407 g/mol. The molecule has 0 spiro atoms. The molecule has 1 N–H and O–H groups in total. The number of hydrogen-bond acceptors (Lipinski definition) is 6. The van der Waals surface area contributed by atoms with Crippen molar-refractivity contribution in [2.45, 2.75) is 13.0 Å². The zero-order valence-corrected chi connectivity index (χ0v) is 16.6. The quantitative estimate of drug-likeness (QED) is 0.648. The Labute approximate surface area is 173 Å². The molecule has 1 aliphatic heterocycles. The smallest absolute Gasteiger partial charge is 0.339 e. The van der Waals surface area contributed by atoms with Gasteiger partial charge in [-0.15, -0.1) is 0 Å². The van der Waals surface area contributed by atoms with E-state index >= 15 is 0 Å². The third kappa shape index (κ3) is 3.87. The van der Waals surface area contributed by atoms with Crippen LogP contribution in [0.5, 0.6) is 17.2 Å². The molecule has 0 saturated carbocycles. The molecule has 0 aromatic heterocycles. The summed E-state index contributed by atoms with van der Waals surface area (Å²) in [5, 5.41) is 4.74. The summed E-state index contributed by atoms with van der Waals surface area (Å²) in [6.45, 7) is 2.30. The van der Waals surface area contributed by atoms with Crippen LogP contribution in [0.15, 0.2) is 54.6 Å². The Balaban J connectivity index is 1.49. The van der Waals surface area contributed by atoms with Crippen molar-refractivity contribution in [3.8, 4) is 17.2 Å². The van der Waals surface area contributed by atoms with Gasteiger partial charge in [-0.25, -0.2) is 4.79 Å². The van der Waals surface area contributed by atoms with E-state index in [0.29, 0.717) is 36.1 Å². The van der Waals surface area contributed by atoms with E-state index in [0.717, 1.165) is 10.8 Å². The lowest BCUT2D eigenvalue weighted by Gasteiger charge is -2.21. The number of benzene rings is 3. The first-order valence-electron chi connectivity index (χ1n) is 9.54. The lowest BCUT2D eigenvalue weighted by atomic mass is 10.1. The molecule has 1 atom stereocenters. The first-order chi connectivity index (χ1) is 14.6. The van der Waals surface area contributed by atoms with E-state index in [1.54, 1.807) is 6.07 Å². The molecule has 4 rings (SSSR count). The third-order valence-corrected chi connectivity index (χ3v) is 4.76. The summed E-state index contributed by atoms with van der Waals surface area (Å²) in [6.07, 6.45) is -1.00. The molecule has 1 aliphatic rings. The second-order valence-corrected chi connectivity index (χ2v) is 6.77. The number of esters is 1. The zero-order chi connectivity index (χ0) is 21.1. The SMILES string of the molecule is COc1cc(C(=O)O[C@H](C)C(=O)Nc2cccc3ccccc23)cc2c1OCCO2. The standard InChI is InChI=1S/C23H21NO6/c1-14(22(25)24-18-9-5-7-15-6-3-4-8-17(15)18)30-23(26)16-12-19(27-2)21-20(13-16)28-10-11-29-21/h3-9,12-14H,10-11H2,1-2H3,(H,24,25)/t14-/m1/s1. The number of methoxy groups -OCH3 is 1. The first-order valence-corrected chi connectivity index (χ1v) is 9.54. The third-order valence-electron chi connectivity index (χ3n) is 4.76. The summed E-state index contributed by atoms with van der Waals surface area (Å²) in [6, 6.07) is 16.4. The lowest BCUT2D eigenvalue weighted by Crippen LogP contribution is -2.30. The second kappa shape index (κ2) is 8.32. The van der Waals surface area contributed by atoms with Gasteiger partial charge < -0.3 is 24.3 Å². The highest BCUT2D eigenvalue weighted by Crippen LogP contribution is 2.40. The Hall–Kier alpha value is -3.74. The number of fused-ring (bicyclic) bond motifs is 2. The highest BCUT2D eigenvalue weighted by atomic mass is 16.6. The van der Waals surface area contributed by atoms with Crippen molar-refractivity contribution in [1.82, 2.24) is 0 Å². The maximum atomic E-state index is 12.6. The van der Waals surface area contributed by atoms with Crippen LogP contribution in [0.4, 0.5) is 5.69 Å². The van der Waals surface area contributed by atoms with Crippen LogP contribution in [-0.4, -0.2) is 38.3 Å². The Kier molecular flexibility index (Phi) is 5.43. The predicted molar refractivity (Wildman–Crippen MR) is 111 cm³/mol. The number of ether oxygens (including phenoxy) is 4. The zero-order valence-electron chi connectivity index (χ0n) is 16.6. The van der Waals surface area contributed by atoms with Gasteiger partial charge in [-0.2, -0.15) is 0 Å². The molecule has 154 valence electrons. The minimum Gasteiger partial charge on any atom is -0.493 e. The summed E-state index contributed by atoms with van der Waals surface area (Å²) in [5.74, 6) is 0.129. The summed E-state index contributed by atoms with van der Waals surface area (Å²) >= 11 is 0. The largest absolute Gasteiger partial charge is 0.493 e. The maximum Gasteiger partial charge on any atom is 0.339 e. The molecule has 3 aromatic carbocycles. The highest BCUT2D eigenvalue weighted by molar-refractivity contribution is 6.04. The van der Waals surface area contributed by atoms with Gasteiger partial charge in [0.25, 0.3) is 5.91 Å². The molecule has 3 aromatic rings. The Morgan fingerprint density at radius 3 is 2.63 bits per heavy atom. The van der Waals surface area contributed by atoms with Gasteiger partial charge in [0.05, 0.1) is 12.7 Å². The van der Waals surface area contributed by atoms with Gasteiger partial charge in [0.2, 0.25) is 5.75 Å². The molecule has 7 heteroatoms. The summed E-state index contributed by atoms with van der Waals surface area (Å²) < 4.78 is 21.7. The fourth-order valence-corrected chi connectivity index (χ4v) is 3.24. The van der Waals surface area contributed by atoms with Crippen LogP contribution < -0.4 is 19.5 Å². The Morgan fingerprint density at radius 1 is 1.03 bits per heavy atom. The molecular weight excluding hydrogens is 386 g/mol. The number of nitrogens with one attached hydrogen (secondary N) is 1. The van der Waals surface area contributed by atoms with Gasteiger partial charge in [-0.3, -0.25) is 4.79 Å². The first kappa shape index (κ1) is 19.6. The number of hydrogen-bond donors (Lipinski definition) is 1. The van der Waals surface area contributed by atoms with E-state index in [1.807, 2.05) is 36.4 Å². The van der Waals surface area contributed by atoms with E-state index < -0.39 is 18.0 Å². The van der Waals surface area contributed by atoms with Gasteiger partial charge in [0, 0.05) is 11.1 Å². The van der Waals surface area contributed by atoms with Gasteiger partial charge in [0.1, 0.15) is 13.2 Å². The van der Waals surface area contributed by atoms with Crippen LogP contribution in [0, 0.1) is 0 Å². The van der Waals surface area contributed by atoms with Crippen molar-refractivity contribution in [3.05, 3.63) is 60.2 Å². The van der Waals surface area contributed by atoms with Crippen molar-refractivity contribution < 1.29 is 28.5 Å². The van der Waals surface area contributed by atoms with Crippen LogP contribution in [-0.2, 0) is 9.53 Å². The minimum absolute atomic E-state index is 0.209. The number of carbonyl (C=O) groups is 2. The van der Waals surface area contributed by atoms with E-state index in [9.17, 15) is 9.59 Å². The van der Waals surface area contributed by atoms with Crippen LogP contribution in [0.1, 0.15) is 17.3 Å². The molecule has 0 bridgehead atoms. The average Bonchev–Trinajstić information content (AvgIpc) is 2.78. The molecule has 0 saturated heterocycles. The number of rotatable bonds is 5. The van der Waals surface area contributed by atoms with Crippen molar-refractivity contribution in [3.63, 3.8) is 0 Å². The van der Waals surface area contributed by atoms with Gasteiger partial charge >= 0.3 is 5.97 Å². The molecule has 7 nitrogen and oxygen atoms in total.